The maximum atomic E-state index is 12.6. The van der Waals surface area contributed by atoms with Gasteiger partial charge in [0.05, 0.1) is 5.56 Å². The number of unbranched alkanes of at least 4 members (excludes halogenated alkanes) is 1. The van der Waals surface area contributed by atoms with Crippen LogP contribution in [0, 0.1) is 0 Å². The number of hydrogen-bond acceptors (Lipinski definition) is 2. The van der Waals surface area contributed by atoms with Gasteiger partial charge in [0.25, 0.3) is 5.91 Å². The minimum Gasteiger partial charge on any atom is -0.398 e. The molecule has 1 aromatic rings. The fraction of sp³-hybridized carbons (Fsp3) is 0.533. The highest BCUT2D eigenvalue weighted by atomic mass is 79.9. The Morgan fingerprint density at radius 1 is 1.42 bits per heavy atom. The van der Waals surface area contributed by atoms with Gasteiger partial charge in [0.2, 0.25) is 0 Å². The number of carbonyl (C=O) groups is 1. The van der Waals surface area contributed by atoms with Gasteiger partial charge in [-0.15, -0.1) is 0 Å². The molecule has 1 rings (SSSR count). The molecule has 3 nitrogen and oxygen atoms in total. The molecule has 0 aliphatic heterocycles. The maximum absolute atomic E-state index is 12.6. The van der Waals surface area contributed by atoms with Crippen LogP contribution in [0.25, 0.3) is 0 Å². The van der Waals surface area contributed by atoms with Crippen LogP contribution in [-0.2, 0) is 0 Å². The SMILES string of the molecule is CCCCN(C(=O)c1cc(Br)ccc1N)C(C)CC. The fourth-order valence-electron chi connectivity index (χ4n) is 1.94. The summed E-state index contributed by atoms with van der Waals surface area (Å²) in [4.78, 5) is 14.6. The second kappa shape index (κ2) is 7.53. The zero-order valence-electron chi connectivity index (χ0n) is 11.9. The fourth-order valence-corrected chi connectivity index (χ4v) is 2.30. The molecule has 0 aliphatic carbocycles. The zero-order chi connectivity index (χ0) is 14.4. The number of amides is 1. The molecule has 1 aromatic carbocycles. The van der Waals surface area contributed by atoms with Gasteiger partial charge in [0.1, 0.15) is 0 Å². The van der Waals surface area contributed by atoms with Crippen LogP contribution in [0.3, 0.4) is 0 Å². The van der Waals surface area contributed by atoms with Crippen molar-refractivity contribution >= 4 is 27.5 Å². The van der Waals surface area contributed by atoms with Crippen LogP contribution >= 0.6 is 15.9 Å². The highest BCUT2D eigenvalue weighted by molar-refractivity contribution is 9.10. The number of nitrogens with zero attached hydrogens (tertiary/aromatic N) is 1. The average Bonchev–Trinajstić information content (AvgIpc) is 2.41. The van der Waals surface area contributed by atoms with Crippen LogP contribution in [0.1, 0.15) is 50.4 Å². The smallest absolute Gasteiger partial charge is 0.256 e. The zero-order valence-corrected chi connectivity index (χ0v) is 13.5. The van der Waals surface area contributed by atoms with E-state index in [4.69, 9.17) is 5.73 Å². The lowest BCUT2D eigenvalue weighted by molar-refractivity contribution is 0.0686. The molecule has 0 fully saturated rings. The van der Waals surface area contributed by atoms with E-state index in [1.165, 1.54) is 0 Å². The van der Waals surface area contributed by atoms with Crippen molar-refractivity contribution in [1.82, 2.24) is 4.90 Å². The van der Waals surface area contributed by atoms with Gasteiger partial charge < -0.3 is 10.6 Å². The lowest BCUT2D eigenvalue weighted by Crippen LogP contribution is -2.39. The summed E-state index contributed by atoms with van der Waals surface area (Å²) in [7, 11) is 0. The predicted octanol–water partition coefficient (Wildman–Crippen LogP) is 4.07. The summed E-state index contributed by atoms with van der Waals surface area (Å²) in [5.41, 5.74) is 7.06. The molecule has 1 amide bonds. The van der Waals surface area contributed by atoms with Gasteiger partial charge in [0, 0.05) is 22.7 Å². The van der Waals surface area contributed by atoms with E-state index in [1.807, 2.05) is 11.0 Å². The van der Waals surface area contributed by atoms with Crippen molar-refractivity contribution in [2.45, 2.75) is 46.1 Å². The Morgan fingerprint density at radius 2 is 2.11 bits per heavy atom. The third-order valence-corrected chi connectivity index (χ3v) is 3.88. The van der Waals surface area contributed by atoms with Crippen molar-refractivity contribution in [1.29, 1.82) is 0 Å². The molecule has 0 radical (unpaired) electrons. The number of benzene rings is 1. The van der Waals surface area contributed by atoms with Gasteiger partial charge in [-0.05, 0) is 38.0 Å². The number of hydrogen-bond donors (Lipinski definition) is 1. The lowest BCUT2D eigenvalue weighted by atomic mass is 10.1. The minimum atomic E-state index is 0.0293. The second-order valence-corrected chi connectivity index (χ2v) is 5.76. The van der Waals surface area contributed by atoms with Crippen LogP contribution in [0.2, 0.25) is 0 Å². The first-order chi connectivity index (χ1) is 9.01. The number of carbonyl (C=O) groups excluding carboxylic acids is 1. The molecule has 106 valence electrons. The van der Waals surface area contributed by atoms with Gasteiger partial charge in [0.15, 0.2) is 0 Å². The Morgan fingerprint density at radius 3 is 2.68 bits per heavy atom. The van der Waals surface area contributed by atoms with E-state index in [9.17, 15) is 4.79 Å². The summed E-state index contributed by atoms with van der Waals surface area (Å²) in [6, 6.07) is 5.66. The van der Waals surface area contributed by atoms with Crippen molar-refractivity contribution in [2.24, 2.45) is 0 Å². The summed E-state index contributed by atoms with van der Waals surface area (Å²) in [5.74, 6) is 0.0293. The van der Waals surface area contributed by atoms with Crippen LogP contribution < -0.4 is 5.73 Å². The molecule has 1 atom stereocenters. The molecular formula is C15H23BrN2O. The number of nitrogens with two attached hydrogens (primary N) is 1. The molecule has 0 heterocycles. The van der Waals surface area contributed by atoms with Crippen molar-refractivity contribution in [2.75, 3.05) is 12.3 Å². The van der Waals surface area contributed by atoms with E-state index in [2.05, 4.69) is 36.7 Å². The van der Waals surface area contributed by atoms with Crippen LogP contribution in [-0.4, -0.2) is 23.4 Å². The first-order valence-electron chi connectivity index (χ1n) is 6.87. The number of anilines is 1. The lowest BCUT2D eigenvalue weighted by Gasteiger charge is -2.29. The van der Waals surface area contributed by atoms with Crippen molar-refractivity contribution in [3.63, 3.8) is 0 Å². The third kappa shape index (κ3) is 4.23. The molecule has 2 N–H and O–H groups in total. The largest absolute Gasteiger partial charge is 0.398 e. The second-order valence-electron chi connectivity index (χ2n) is 4.84. The summed E-state index contributed by atoms with van der Waals surface area (Å²) >= 11 is 3.39. The minimum absolute atomic E-state index is 0.0293. The molecule has 1 unspecified atom stereocenters. The van der Waals surface area contributed by atoms with Crippen molar-refractivity contribution < 1.29 is 4.79 Å². The Hall–Kier alpha value is -1.03. The molecule has 0 saturated heterocycles. The average molecular weight is 327 g/mol. The van der Waals surface area contributed by atoms with Crippen molar-refractivity contribution in [3.8, 4) is 0 Å². The quantitative estimate of drug-likeness (QED) is 0.801. The highest BCUT2D eigenvalue weighted by Gasteiger charge is 2.21. The highest BCUT2D eigenvalue weighted by Crippen LogP contribution is 2.21. The van der Waals surface area contributed by atoms with E-state index >= 15 is 0 Å². The number of halogens is 1. The van der Waals surface area contributed by atoms with Gasteiger partial charge in [-0.25, -0.2) is 0 Å². The summed E-state index contributed by atoms with van der Waals surface area (Å²) in [5, 5.41) is 0. The molecule has 0 aromatic heterocycles. The third-order valence-electron chi connectivity index (χ3n) is 3.38. The molecule has 19 heavy (non-hydrogen) atoms. The summed E-state index contributed by atoms with van der Waals surface area (Å²) in [6.07, 6.45) is 3.04. The Balaban J connectivity index is 3.00. The van der Waals surface area contributed by atoms with E-state index in [1.54, 1.807) is 12.1 Å². The first kappa shape index (κ1) is 16.0. The normalized spacial score (nSPS) is 12.2. The predicted molar refractivity (Wildman–Crippen MR) is 84.3 cm³/mol. The molecule has 0 saturated carbocycles. The Bertz CT molecular complexity index is 434. The Labute approximate surface area is 124 Å². The number of nitrogen functional groups attached to an aromatic ring is 1. The standard InChI is InChI=1S/C15H23BrN2O/c1-4-6-9-18(11(3)5-2)15(19)13-10-12(16)7-8-14(13)17/h7-8,10-11H,4-6,9,17H2,1-3H3. The monoisotopic (exact) mass is 326 g/mol. The molecular weight excluding hydrogens is 304 g/mol. The molecule has 0 spiro atoms. The van der Waals surface area contributed by atoms with Crippen LogP contribution in [0.15, 0.2) is 22.7 Å². The van der Waals surface area contributed by atoms with Crippen LogP contribution in [0.5, 0.6) is 0 Å². The van der Waals surface area contributed by atoms with Crippen LogP contribution in [0.4, 0.5) is 5.69 Å². The van der Waals surface area contributed by atoms with Gasteiger partial charge >= 0.3 is 0 Å². The van der Waals surface area contributed by atoms with Gasteiger partial charge in [-0.3, -0.25) is 4.79 Å². The molecule has 4 heteroatoms. The summed E-state index contributed by atoms with van der Waals surface area (Å²) in [6.45, 7) is 7.10. The number of rotatable bonds is 6. The van der Waals surface area contributed by atoms with E-state index in [0.29, 0.717) is 11.3 Å². The van der Waals surface area contributed by atoms with Gasteiger partial charge in [-0.2, -0.15) is 0 Å². The van der Waals surface area contributed by atoms with E-state index in [-0.39, 0.29) is 11.9 Å². The van der Waals surface area contributed by atoms with Crippen molar-refractivity contribution in [3.05, 3.63) is 28.2 Å². The topological polar surface area (TPSA) is 46.3 Å². The summed E-state index contributed by atoms with van der Waals surface area (Å²) < 4.78 is 0.879. The Kier molecular flexibility index (Phi) is 6.35. The molecule has 0 aliphatic rings. The van der Waals surface area contributed by atoms with Gasteiger partial charge in [-0.1, -0.05) is 36.2 Å². The van der Waals surface area contributed by atoms with E-state index < -0.39 is 0 Å². The molecule has 0 bridgehead atoms. The maximum Gasteiger partial charge on any atom is 0.256 e. The first-order valence-corrected chi connectivity index (χ1v) is 7.66. The van der Waals surface area contributed by atoms with E-state index in [0.717, 1.165) is 30.3 Å².